The molecule has 3 aromatic rings. The molecule has 0 aliphatic heterocycles. The van der Waals surface area contributed by atoms with Gasteiger partial charge in [0.25, 0.3) is 12.1 Å². The van der Waals surface area contributed by atoms with E-state index in [-0.39, 0.29) is 22.2 Å². The first-order valence-electron chi connectivity index (χ1n) is 8.06. The van der Waals surface area contributed by atoms with Gasteiger partial charge in [0.05, 0.1) is 21.8 Å². The lowest BCUT2D eigenvalue weighted by molar-refractivity contribution is -0.564. The van der Waals surface area contributed by atoms with E-state index < -0.39 is 29.4 Å². The number of hydrogen-bond donors (Lipinski definition) is 2. The zero-order valence-corrected chi connectivity index (χ0v) is 15.4. The van der Waals surface area contributed by atoms with Gasteiger partial charge in [-0.25, -0.2) is 4.39 Å². The van der Waals surface area contributed by atoms with Crippen LogP contribution in [0.2, 0.25) is 5.02 Å². The van der Waals surface area contributed by atoms with Gasteiger partial charge in [0.2, 0.25) is 0 Å². The molecule has 1 aromatic heterocycles. The maximum Gasteiger partial charge on any atom is 0.573 e. The number of alkyl halides is 3. The van der Waals surface area contributed by atoms with E-state index in [1.54, 1.807) is 0 Å². The fourth-order valence-electron chi connectivity index (χ4n) is 2.31. The van der Waals surface area contributed by atoms with Crippen molar-refractivity contribution in [3.63, 3.8) is 0 Å². The molecule has 0 fully saturated rings. The molecule has 7 nitrogen and oxygen atoms in total. The highest BCUT2D eigenvalue weighted by molar-refractivity contribution is 6.31. The van der Waals surface area contributed by atoms with Gasteiger partial charge in [-0.15, -0.1) is 18.3 Å². The molecule has 0 saturated carbocycles. The predicted octanol–water partition coefficient (Wildman–Crippen LogP) is 4.66. The maximum absolute atomic E-state index is 14.6. The Morgan fingerprint density at radius 3 is 2.33 bits per heavy atom. The van der Waals surface area contributed by atoms with Gasteiger partial charge < -0.3 is 14.8 Å². The van der Waals surface area contributed by atoms with Gasteiger partial charge in [0, 0.05) is 6.07 Å². The largest absolute Gasteiger partial charge is 0.573 e. The van der Waals surface area contributed by atoms with E-state index in [0.29, 0.717) is 4.54 Å². The first-order chi connectivity index (χ1) is 14.1. The Hall–Kier alpha value is -3.60. The van der Waals surface area contributed by atoms with E-state index in [1.165, 1.54) is 18.3 Å². The summed E-state index contributed by atoms with van der Waals surface area (Å²) in [5.41, 5.74) is -0.386. The van der Waals surface area contributed by atoms with Crippen LogP contribution in [0.1, 0.15) is 10.4 Å². The number of anilines is 1. The lowest BCUT2D eigenvalue weighted by Crippen LogP contribution is -2.20. The summed E-state index contributed by atoms with van der Waals surface area (Å²) in [6.07, 6.45) is -2.60. The monoisotopic (exact) mass is 444 g/mol. The van der Waals surface area contributed by atoms with Gasteiger partial charge >= 0.3 is 6.36 Å². The van der Waals surface area contributed by atoms with Crippen LogP contribution in [0.5, 0.6) is 17.2 Å². The highest BCUT2D eigenvalue weighted by Gasteiger charge is 2.31. The third-order valence-corrected chi connectivity index (χ3v) is 3.86. The van der Waals surface area contributed by atoms with E-state index in [2.05, 4.69) is 15.2 Å². The van der Waals surface area contributed by atoms with Crippen LogP contribution in [0.3, 0.4) is 0 Å². The van der Waals surface area contributed by atoms with Crippen molar-refractivity contribution >= 4 is 23.2 Å². The van der Waals surface area contributed by atoms with Gasteiger partial charge in [-0.2, -0.15) is 0 Å². The molecule has 0 spiro atoms. The number of aromatic amines is 1. The van der Waals surface area contributed by atoms with E-state index in [0.717, 1.165) is 36.5 Å². The number of carbonyl (C=O) groups is 1. The van der Waals surface area contributed by atoms with E-state index >= 15 is 0 Å². The average molecular weight is 445 g/mol. The van der Waals surface area contributed by atoms with Crippen molar-refractivity contribution in [2.24, 2.45) is 0 Å². The molecule has 3 rings (SSSR count). The van der Waals surface area contributed by atoms with Crippen molar-refractivity contribution in [3.05, 3.63) is 76.2 Å². The minimum atomic E-state index is -4.85. The van der Waals surface area contributed by atoms with Crippen molar-refractivity contribution in [1.82, 2.24) is 5.10 Å². The van der Waals surface area contributed by atoms with Crippen LogP contribution in [0.4, 0.5) is 23.2 Å². The lowest BCUT2D eigenvalue weighted by atomic mass is 10.1. The molecule has 2 aromatic carbocycles. The maximum atomic E-state index is 14.6. The van der Waals surface area contributed by atoms with Crippen molar-refractivity contribution in [1.29, 1.82) is 0 Å². The fourth-order valence-corrected chi connectivity index (χ4v) is 2.47. The molecule has 30 heavy (non-hydrogen) atoms. The number of aromatic nitrogens is 2. The minimum Gasteiger partial charge on any atom is -0.456 e. The van der Waals surface area contributed by atoms with Gasteiger partial charge in [-0.1, -0.05) is 11.6 Å². The third-order valence-electron chi connectivity index (χ3n) is 3.56. The Labute approximate surface area is 170 Å². The van der Waals surface area contributed by atoms with Gasteiger partial charge in [0.15, 0.2) is 10.4 Å². The molecule has 156 valence electrons. The number of carbonyl (C=O) groups excluding carboxylic acids is 1. The number of halogens is 5. The zero-order chi connectivity index (χ0) is 21.9. The van der Waals surface area contributed by atoms with Gasteiger partial charge in [0.1, 0.15) is 22.8 Å². The number of benzene rings is 2. The van der Waals surface area contributed by atoms with Crippen LogP contribution < -0.4 is 19.3 Å². The number of rotatable bonds is 5. The van der Waals surface area contributed by atoms with Crippen LogP contribution in [-0.2, 0) is 0 Å². The van der Waals surface area contributed by atoms with Crippen LogP contribution in [0.15, 0.2) is 54.9 Å². The van der Waals surface area contributed by atoms with E-state index in [1.807, 2.05) is 0 Å². The first-order valence-corrected chi connectivity index (χ1v) is 8.44. The number of nitrogens with one attached hydrogen (secondary N) is 2. The smallest absolute Gasteiger partial charge is 0.456 e. The van der Waals surface area contributed by atoms with Gasteiger partial charge in [-0.05, 0) is 36.4 Å². The highest BCUT2D eigenvalue weighted by Crippen LogP contribution is 2.33. The highest BCUT2D eigenvalue weighted by atomic mass is 35.5. The topological polar surface area (TPSA) is 86.3 Å². The lowest BCUT2D eigenvalue weighted by Gasteiger charge is -2.14. The van der Waals surface area contributed by atoms with E-state index in [9.17, 15) is 27.3 Å². The van der Waals surface area contributed by atoms with E-state index in [4.69, 9.17) is 16.3 Å². The summed E-state index contributed by atoms with van der Waals surface area (Å²) in [6.45, 7) is 0. The fraction of sp³-hybridized carbons (Fsp3) is 0.0556. The summed E-state index contributed by atoms with van der Waals surface area (Å²) < 4.78 is 60.9. The number of nitrogens with zero attached hydrogens (tertiary/aromatic N) is 1. The molecule has 0 atom stereocenters. The summed E-state index contributed by atoms with van der Waals surface area (Å²) in [5.74, 6) is -2.70. The third kappa shape index (κ3) is 5.26. The summed E-state index contributed by atoms with van der Waals surface area (Å²) in [5, 5.41) is 4.28. The molecule has 1 amide bonds. The predicted molar refractivity (Wildman–Crippen MR) is 96.7 cm³/mol. The molecule has 1 heterocycles. The van der Waals surface area contributed by atoms with Crippen molar-refractivity contribution < 1.29 is 36.4 Å². The second kappa shape index (κ2) is 8.41. The Bertz CT molecular complexity index is 1110. The average Bonchev–Trinajstić information content (AvgIpc) is 2.67. The summed E-state index contributed by atoms with van der Waals surface area (Å²) in [6, 6.07) is 7.93. The molecule has 12 heteroatoms. The summed E-state index contributed by atoms with van der Waals surface area (Å²) >= 11 is 5.75. The number of amides is 1. The van der Waals surface area contributed by atoms with Gasteiger partial charge in [-0.3, -0.25) is 4.79 Å². The molecule has 0 radical (unpaired) electrons. The second-order valence-electron chi connectivity index (χ2n) is 5.68. The number of ether oxygens (including phenoxy) is 2. The van der Waals surface area contributed by atoms with Crippen molar-refractivity contribution in [2.45, 2.75) is 6.36 Å². The molecule has 0 aliphatic carbocycles. The zero-order valence-electron chi connectivity index (χ0n) is 14.7. The van der Waals surface area contributed by atoms with Crippen molar-refractivity contribution in [2.75, 3.05) is 5.32 Å². The molecular weight excluding hydrogens is 434 g/mol. The molecule has 0 aliphatic rings. The minimum absolute atomic E-state index is 0.0146. The molecule has 0 unspecified atom stereocenters. The van der Waals surface area contributed by atoms with Crippen LogP contribution in [-0.4, -0.2) is 17.4 Å². The Morgan fingerprint density at radius 1 is 1.07 bits per heavy atom. The summed E-state index contributed by atoms with van der Waals surface area (Å²) in [4.78, 5) is 23.6. The number of H-pyrrole nitrogens is 1. The molecule has 2 N–H and O–H groups in total. The normalized spacial score (nSPS) is 11.1. The van der Waals surface area contributed by atoms with Crippen LogP contribution >= 0.6 is 11.6 Å². The molecule has 0 bridgehead atoms. The van der Waals surface area contributed by atoms with Crippen molar-refractivity contribution in [3.8, 4) is 17.2 Å². The SMILES string of the molecule is O=C(Nc1cc[n+](=O)[nH]c1)c1c(Oc2ccc(OC(F)(F)F)cc2)ccc(Cl)c1F. The molecular formula is C18H11ClF4N3O4+. The van der Waals surface area contributed by atoms with Crippen LogP contribution in [0.25, 0.3) is 0 Å². The Balaban J connectivity index is 1.86. The summed E-state index contributed by atoms with van der Waals surface area (Å²) in [7, 11) is 0. The first kappa shape index (κ1) is 21.1. The second-order valence-corrected chi connectivity index (χ2v) is 6.09. The quantitative estimate of drug-likeness (QED) is 0.442. The number of hydrogen-bond acceptors (Lipinski definition) is 4. The Morgan fingerprint density at radius 2 is 1.73 bits per heavy atom. The Kier molecular flexibility index (Phi) is 5.92. The standard InChI is InChI=1S/C18H10ClF4N3O4/c19-13-5-6-14(29-11-1-3-12(4-2-11)30-18(21,22)23)15(16(13)20)17(27)25-10-7-8-26(28)24-9-10/h1-9H,(H-,24,25,27,28)/p+1. The molecule has 0 saturated heterocycles. The van der Waals surface area contributed by atoms with Crippen LogP contribution in [0, 0.1) is 10.7 Å².